The van der Waals surface area contributed by atoms with Crippen molar-refractivity contribution in [2.45, 2.75) is 25.2 Å². The van der Waals surface area contributed by atoms with Gasteiger partial charge in [0.25, 0.3) is 0 Å². The molecule has 1 saturated heterocycles. The van der Waals surface area contributed by atoms with Crippen LogP contribution in [0.15, 0.2) is 44.4 Å². The molecule has 0 unspecified atom stereocenters. The number of aryl methyl sites for hydroxylation is 2. The fourth-order valence-electron chi connectivity index (χ4n) is 4.05. The van der Waals surface area contributed by atoms with Gasteiger partial charge in [0.2, 0.25) is 10.0 Å². The van der Waals surface area contributed by atoms with Gasteiger partial charge in [-0.1, -0.05) is 17.3 Å². The fraction of sp³-hybridized carbons (Fsp3) is 0.350. The fourth-order valence-corrected chi connectivity index (χ4v) is 5.82. The topological polar surface area (TPSA) is 106 Å². The molecule has 156 valence electrons. The molecule has 1 aromatic carbocycles. The maximum Gasteiger partial charge on any atom is 0.248 e. The van der Waals surface area contributed by atoms with Crippen LogP contribution < -0.4 is 4.90 Å². The Kier molecular flexibility index (Phi) is 4.48. The van der Waals surface area contributed by atoms with Gasteiger partial charge in [-0.05, 0) is 32.4 Å². The third kappa shape index (κ3) is 2.94. The van der Waals surface area contributed by atoms with Crippen molar-refractivity contribution in [1.82, 2.24) is 19.4 Å². The highest BCUT2D eigenvalue weighted by Gasteiger charge is 2.33. The molecule has 0 aliphatic carbocycles. The molecule has 0 saturated carbocycles. The van der Waals surface area contributed by atoms with Crippen LogP contribution in [0.4, 0.5) is 5.82 Å². The van der Waals surface area contributed by atoms with Crippen LogP contribution in [0.3, 0.4) is 0 Å². The van der Waals surface area contributed by atoms with E-state index in [-0.39, 0.29) is 4.90 Å². The van der Waals surface area contributed by atoms with Gasteiger partial charge >= 0.3 is 0 Å². The van der Waals surface area contributed by atoms with E-state index in [4.69, 9.17) is 8.94 Å². The maximum atomic E-state index is 13.2. The second kappa shape index (κ2) is 7.06. The maximum absolute atomic E-state index is 13.2. The number of hydrogen-bond acceptors (Lipinski definition) is 8. The van der Waals surface area contributed by atoms with E-state index >= 15 is 0 Å². The Morgan fingerprint density at radius 3 is 2.67 bits per heavy atom. The summed E-state index contributed by atoms with van der Waals surface area (Å²) in [5, 5.41) is 4.74. The van der Waals surface area contributed by atoms with Crippen LogP contribution in [0.25, 0.3) is 22.1 Å². The van der Waals surface area contributed by atoms with Crippen molar-refractivity contribution in [3.05, 3.63) is 42.0 Å². The average Bonchev–Trinajstić information content (AvgIpc) is 3.16. The molecule has 4 aromatic rings. The lowest BCUT2D eigenvalue weighted by Crippen LogP contribution is -2.35. The van der Waals surface area contributed by atoms with Crippen LogP contribution >= 0.6 is 0 Å². The molecule has 9 nitrogen and oxygen atoms in total. The van der Waals surface area contributed by atoms with E-state index < -0.39 is 10.0 Å². The van der Waals surface area contributed by atoms with E-state index in [2.05, 4.69) is 20.0 Å². The summed E-state index contributed by atoms with van der Waals surface area (Å²) < 4.78 is 39.0. The standard InChI is InChI=1S/C20H21N5O4S/c1-13-19(14(2)29-23-13)30(26,27)25-9-5-8-24(10-11-25)20-18-17(21-12-22-20)15-6-3-4-7-16(15)28-18/h3-4,6-7,12H,5,8-11H2,1-2H3. The number of sulfonamides is 1. The number of benzene rings is 1. The highest BCUT2D eigenvalue weighted by molar-refractivity contribution is 7.89. The molecule has 30 heavy (non-hydrogen) atoms. The average molecular weight is 427 g/mol. The summed E-state index contributed by atoms with van der Waals surface area (Å²) in [6, 6.07) is 7.74. The molecule has 3 aromatic heterocycles. The summed E-state index contributed by atoms with van der Waals surface area (Å²) >= 11 is 0. The van der Waals surface area contributed by atoms with Gasteiger partial charge < -0.3 is 13.8 Å². The minimum Gasteiger partial charge on any atom is -0.450 e. The molecule has 1 aliphatic rings. The lowest BCUT2D eigenvalue weighted by atomic mass is 10.2. The first-order chi connectivity index (χ1) is 14.5. The van der Waals surface area contributed by atoms with E-state index in [9.17, 15) is 8.42 Å². The number of aromatic nitrogens is 3. The van der Waals surface area contributed by atoms with Crippen LogP contribution in [0, 0.1) is 13.8 Å². The van der Waals surface area contributed by atoms with Gasteiger partial charge in [-0.2, -0.15) is 4.31 Å². The number of rotatable bonds is 3. The third-order valence-electron chi connectivity index (χ3n) is 5.46. The van der Waals surface area contributed by atoms with Gasteiger partial charge in [0.1, 0.15) is 28.0 Å². The van der Waals surface area contributed by atoms with E-state index in [1.807, 2.05) is 24.3 Å². The molecule has 0 amide bonds. The largest absolute Gasteiger partial charge is 0.450 e. The predicted molar refractivity (Wildman–Crippen MR) is 111 cm³/mol. The molecule has 0 radical (unpaired) electrons. The number of fused-ring (bicyclic) bond motifs is 3. The van der Waals surface area contributed by atoms with Crippen LogP contribution in [-0.4, -0.2) is 54.0 Å². The van der Waals surface area contributed by atoms with Crippen molar-refractivity contribution in [3.8, 4) is 0 Å². The SMILES string of the molecule is Cc1noc(C)c1S(=O)(=O)N1CCCN(c2ncnc3c2oc2ccccc23)CC1. The molecule has 0 bridgehead atoms. The molecule has 4 heterocycles. The zero-order chi connectivity index (χ0) is 20.9. The van der Waals surface area contributed by atoms with Gasteiger partial charge in [-0.25, -0.2) is 18.4 Å². The second-order valence-electron chi connectivity index (χ2n) is 7.37. The molecular weight excluding hydrogens is 406 g/mol. The molecule has 0 atom stereocenters. The predicted octanol–water partition coefficient (Wildman–Crippen LogP) is 2.88. The highest BCUT2D eigenvalue weighted by atomic mass is 32.2. The molecular formula is C20H21N5O4S. The quantitative estimate of drug-likeness (QED) is 0.491. The molecule has 10 heteroatoms. The van der Waals surface area contributed by atoms with Crippen molar-refractivity contribution in [2.75, 3.05) is 31.1 Å². The second-order valence-corrected chi connectivity index (χ2v) is 9.25. The normalized spacial score (nSPS) is 16.4. The van der Waals surface area contributed by atoms with E-state index in [1.54, 1.807) is 13.8 Å². The summed E-state index contributed by atoms with van der Waals surface area (Å²) in [4.78, 5) is 11.1. The van der Waals surface area contributed by atoms with Crippen LogP contribution in [0.2, 0.25) is 0 Å². The molecule has 0 N–H and O–H groups in total. The summed E-state index contributed by atoms with van der Waals surface area (Å²) in [7, 11) is -3.68. The van der Waals surface area contributed by atoms with Crippen LogP contribution in [0.1, 0.15) is 17.9 Å². The number of nitrogens with zero attached hydrogens (tertiary/aromatic N) is 5. The van der Waals surface area contributed by atoms with Crippen molar-refractivity contribution in [1.29, 1.82) is 0 Å². The van der Waals surface area contributed by atoms with Crippen molar-refractivity contribution >= 4 is 37.9 Å². The summed E-state index contributed by atoms with van der Waals surface area (Å²) in [5.41, 5.74) is 2.53. The van der Waals surface area contributed by atoms with Gasteiger partial charge in [-0.3, -0.25) is 0 Å². The van der Waals surface area contributed by atoms with Gasteiger partial charge in [0.15, 0.2) is 17.2 Å². The van der Waals surface area contributed by atoms with Crippen molar-refractivity contribution in [3.63, 3.8) is 0 Å². The minimum atomic E-state index is -3.68. The Morgan fingerprint density at radius 1 is 1.03 bits per heavy atom. The third-order valence-corrected chi connectivity index (χ3v) is 7.60. The Hall–Kier alpha value is -2.98. The Balaban J connectivity index is 1.47. The minimum absolute atomic E-state index is 0.165. The molecule has 5 rings (SSSR count). The first kappa shape index (κ1) is 19.0. The van der Waals surface area contributed by atoms with E-state index in [0.717, 1.165) is 16.5 Å². The molecule has 0 spiro atoms. The Bertz CT molecular complexity index is 1320. The van der Waals surface area contributed by atoms with Crippen molar-refractivity contribution in [2.24, 2.45) is 0 Å². The number of furan rings is 1. The van der Waals surface area contributed by atoms with Gasteiger partial charge in [0.05, 0.1) is 0 Å². The zero-order valence-corrected chi connectivity index (χ0v) is 17.5. The number of para-hydroxylation sites is 1. The number of hydrogen-bond donors (Lipinski definition) is 0. The van der Waals surface area contributed by atoms with E-state index in [1.165, 1.54) is 10.6 Å². The number of anilines is 1. The lowest BCUT2D eigenvalue weighted by Gasteiger charge is -2.22. The summed E-state index contributed by atoms with van der Waals surface area (Å²) in [6.45, 7) is 5.17. The van der Waals surface area contributed by atoms with Gasteiger partial charge in [-0.15, -0.1) is 0 Å². The summed E-state index contributed by atoms with van der Waals surface area (Å²) in [6.07, 6.45) is 2.19. The smallest absolute Gasteiger partial charge is 0.248 e. The highest BCUT2D eigenvalue weighted by Crippen LogP contribution is 2.33. The lowest BCUT2D eigenvalue weighted by molar-refractivity contribution is 0.389. The summed E-state index contributed by atoms with van der Waals surface area (Å²) in [5.74, 6) is 1.00. The Morgan fingerprint density at radius 2 is 1.87 bits per heavy atom. The first-order valence-electron chi connectivity index (χ1n) is 9.77. The monoisotopic (exact) mass is 427 g/mol. The molecule has 1 fully saturated rings. The van der Waals surface area contributed by atoms with Crippen LogP contribution in [-0.2, 0) is 10.0 Å². The Labute approximate surface area is 173 Å². The first-order valence-corrected chi connectivity index (χ1v) is 11.2. The molecule has 1 aliphatic heterocycles. The van der Waals surface area contributed by atoms with E-state index in [0.29, 0.717) is 55.5 Å². The zero-order valence-electron chi connectivity index (χ0n) is 16.7. The van der Waals surface area contributed by atoms with Crippen molar-refractivity contribution < 1.29 is 17.4 Å². The van der Waals surface area contributed by atoms with Crippen LogP contribution in [0.5, 0.6) is 0 Å². The van der Waals surface area contributed by atoms with Gasteiger partial charge in [0, 0.05) is 31.6 Å².